The fourth-order valence-corrected chi connectivity index (χ4v) is 2.83. The van der Waals surface area contributed by atoms with Crippen molar-refractivity contribution in [1.29, 1.82) is 0 Å². The highest BCUT2D eigenvalue weighted by atomic mass is 16.4. The number of nitrogens with two attached hydrogens (primary N) is 3. The van der Waals surface area contributed by atoms with E-state index in [1.165, 1.54) is 11.1 Å². The van der Waals surface area contributed by atoms with Crippen molar-refractivity contribution in [2.75, 3.05) is 13.1 Å². The molecule has 0 aliphatic carbocycles. The lowest BCUT2D eigenvalue weighted by molar-refractivity contribution is -0.138. The van der Waals surface area contributed by atoms with E-state index in [0.717, 1.165) is 37.7 Å². The van der Waals surface area contributed by atoms with Gasteiger partial charge in [0, 0.05) is 5.56 Å². The predicted molar refractivity (Wildman–Crippen MR) is 135 cm³/mol. The van der Waals surface area contributed by atoms with Gasteiger partial charge in [0.15, 0.2) is 0 Å². The molecule has 3 aromatic carbocycles. The molecule has 33 heavy (non-hydrogen) atoms. The zero-order valence-corrected chi connectivity index (χ0v) is 19.0. The molecule has 0 saturated heterocycles. The molecule has 7 N–H and O–H groups in total. The zero-order valence-electron chi connectivity index (χ0n) is 19.0. The molecule has 0 aliphatic rings. The van der Waals surface area contributed by atoms with Gasteiger partial charge in [-0.1, -0.05) is 91.3 Å². The second-order valence-corrected chi connectivity index (χ2v) is 7.36. The van der Waals surface area contributed by atoms with Crippen LogP contribution in [0.2, 0.25) is 0 Å². The summed E-state index contributed by atoms with van der Waals surface area (Å²) >= 11 is 0. The van der Waals surface area contributed by atoms with Crippen LogP contribution in [0.5, 0.6) is 0 Å². The summed E-state index contributed by atoms with van der Waals surface area (Å²) in [5.41, 5.74) is 20.1. The maximum atomic E-state index is 10.5. The topological polar surface area (TPSA) is 132 Å². The van der Waals surface area contributed by atoms with E-state index in [2.05, 4.69) is 24.3 Å². The Morgan fingerprint density at radius 2 is 1.33 bits per heavy atom. The number of unbranched alkanes of at least 4 members (excludes halogenated alkanes) is 1. The third-order valence-electron chi connectivity index (χ3n) is 4.72. The van der Waals surface area contributed by atoms with Gasteiger partial charge in [0.05, 0.1) is 0 Å². The van der Waals surface area contributed by atoms with Crippen molar-refractivity contribution < 1.29 is 14.7 Å². The van der Waals surface area contributed by atoms with Crippen molar-refractivity contribution in [3.8, 4) is 11.1 Å². The molecule has 0 amide bonds. The van der Waals surface area contributed by atoms with Crippen molar-refractivity contribution in [3.63, 3.8) is 0 Å². The second kappa shape index (κ2) is 17.3. The first-order chi connectivity index (χ1) is 16.0. The zero-order chi connectivity index (χ0) is 24.3. The Labute approximate surface area is 196 Å². The third-order valence-corrected chi connectivity index (χ3v) is 4.72. The lowest BCUT2D eigenvalue weighted by Crippen LogP contribution is -2.29. The molecule has 3 aromatic rings. The van der Waals surface area contributed by atoms with E-state index in [4.69, 9.17) is 22.3 Å². The molecule has 3 rings (SSSR count). The van der Waals surface area contributed by atoms with Crippen LogP contribution in [-0.4, -0.2) is 36.5 Å². The molecule has 6 heteroatoms. The molecule has 0 aliphatic heterocycles. The molecular weight excluding hydrogens is 414 g/mol. The molecule has 176 valence electrons. The number of aldehydes is 1. The van der Waals surface area contributed by atoms with Crippen molar-refractivity contribution in [2.24, 2.45) is 17.2 Å². The molecule has 6 nitrogen and oxygen atoms in total. The number of carbonyl (C=O) groups excluding carboxylic acids is 1. The fraction of sp³-hybridized carbons (Fsp3) is 0.259. The van der Waals surface area contributed by atoms with Crippen LogP contribution < -0.4 is 17.2 Å². The van der Waals surface area contributed by atoms with Crippen molar-refractivity contribution in [3.05, 3.63) is 96.1 Å². The van der Waals surface area contributed by atoms with Crippen molar-refractivity contribution in [1.82, 2.24) is 0 Å². The highest BCUT2D eigenvalue weighted by Gasteiger charge is 2.09. The average Bonchev–Trinajstić information content (AvgIpc) is 2.86. The molecular formula is C27H35N3O3. The fourth-order valence-electron chi connectivity index (χ4n) is 2.83. The number of rotatable bonds is 9. The van der Waals surface area contributed by atoms with Gasteiger partial charge in [0.2, 0.25) is 0 Å². The van der Waals surface area contributed by atoms with E-state index >= 15 is 0 Å². The van der Waals surface area contributed by atoms with E-state index in [0.29, 0.717) is 18.5 Å². The summed E-state index contributed by atoms with van der Waals surface area (Å²) in [6, 6.07) is 27.2. The summed E-state index contributed by atoms with van der Waals surface area (Å²) in [6.45, 7) is 1.34. The Morgan fingerprint density at radius 3 is 1.82 bits per heavy atom. The molecule has 0 fully saturated rings. The van der Waals surface area contributed by atoms with Gasteiger partial charge >= 0.3 is 5.97 Å². The van der Waals surface area contributed by atoms with Gasteiger partial charge in [-0.15, -0.1) is 0 Å². The molecule has 0 bridgehead atoms. The molecule has 0 unspecified atom stereocenters. The Bertz CT molecular complexity index is 901. The number of carbonyl (C=O) groups is 2. The minimum Gasteiger partial charge on any atom is -0.480 e. The number of benzene rings is 3. The summed E-state index contributed by atoms with van der Waals surface area (Å²) in [4.78, 5) is 20.6. The van der Waals surface area contributed by atoms with Crippen LogP contribution in [-0.2, 0) is 11.2 Å². The molecule has 0 radical (unpaired) electrons. The molecule has 0 heterocycles. The monoisotopic (exact) mass is 449 g/mol. The Balaban J connectivity index is 0.000000257. The maximum Gasteiger partial charge on any atom is 0.320 e. The van der Waals surface area contributed by atoms with Crippen molar-refractivity contribution >= 4 is 12.3 Å². The first kappa shape index (κ1) is 27.7. The number of aliphatic carboxylic acids is 1. The van der Waals surface area contributed by atoms with Gasteiger partial charge in [-0.3, -0.25) is 9.59 Å². The highest BCUT2D eigenvalue weighted by molar-refractivity contribution is 5.76. The van der Waals surface area contributed by atoms with Gasteiger partial charge in [-0.05, 0) is 49.0 Å². The molecule has 0 spiro atoms. The summed E-state index contributed by atoms with van der Waals surface area (Å²) < 4.78 is 0. The molecule has 0 saturated carbocycles. The largest absolute Gasteiger partial charge is 0.480 e. The minimum atomic E-state index is -0.933. The lowest BCUT2D eigenvalue weighted by atomic mass is 10.0. The van der Waals surface area contributed by atoms with E-state index in [-0.39, 0.29) is 0 Å². The van der Waals surface area contributed by atoms with Gasteiger partial charge in [0.1, 0.15) is 12.3 Å². The van der Waals surface area contributed by atoms with Gasteiger partial charge in [-0.25, -0.2) is 0 Å². The van der Waals surface area contributed by atoms with Crippen LogP contribution in [0.1, 0.15) is 35.2 Å². The number of carboxylic acid groups (broad SMARTS) is 1. The van der Waals surface area contributed by atoms with E-state index in [9.17, 15) is 9.59 Å². The van der Waals surface area contributed by atoms with E-state index in [1.54, 1.807) is 0 Å². The number of hydrogen-bond acceptors (Lipinski definition) is 5. The highest BCUT2D eigenvalue weighted by Crippen LogP contribution is 2.18. The first-order valence-electron chi connectivity index (χ1n) is 11.0. The quantitative estimate of drug-likeness (QED) is 0.289. The Morgan fingerprint density at radius 1 is 0.788 bits per heavy atom. The minimum absolute atomic E-state index is 0.520. The van der Waals surface area contributed by atoms with Crippen LogP contribution in [0.3, 0.4) is 0 Å². The SMILES string of the molecule is NCCCC[C@H](N)C(=O)O.NCCc1ccccc1.O=Cc1ccc(-c2ccccc2)cc1. The second-order valence-electron chi connectivity index (χ2n) is 7.36. The molecule has 0 aromatic heterocycles. The Kier molecular flexibility index (Phi) is 14.5. The van der Waals surface area contributed by atoms with Crippen LogP contribution in [0, 0.1) is 0 Å². The predicted octanol–water partition coefficient (Wildman–Crippen LogP) is 3.88. The Hall–Kier alpha value is -3.32. The van der Waals surface area contributed by atoms with Crippen LogP contribution in [0.15, 0.2) is 84.9 Å². The van der Waals surface area contributed by atoms with E-state index in [1.807, 2.05) is 60.7 Å². The average molecular weight is 450 g/mol. The van der Waals surface area contributed by atoms with Gasteiger partial charge < -0.3 is 22.3 Å². The van der Waals surface area contributed by atoms with Gasteiger partial charge in [0.25, 0.3) is 0 Å². The lowest BCUT2D eigenvalue weighted by Gasteiger charge is -2.03. The summed E-state index contributed by atoms with van der Waals surface area (Å²) in [5, 5.41) is 8.33. The van der Waals surface area contributed by atoms with Crippen molar-refractivity contribution in [2.45, 2.75) is 31.7 Å². The summed E-state index contributed by atoms with van der Waals surface area (Å²) in [6.07, 6.45) is 4.01. The van der Waals surface area contributed by atoms with Crippen LogP contribution in [0.4, 0.5) is 0 Å². The van der Waals surface area contributed by atoms with Gasteiger partial charge in [-0.2, -0.15) is 0 Å². The van der Waals surface area contributed by atoms with Crippen LogP contribution in [0.25, 0.3) is 11.1 Å². The van der Waals surface area contributed by atoms with Crippen LogP contribution >= 0.6 is 0 Å². The third kappa shape index (κ3) is 12.3. The molecule has 1 atom stereocenters. The number of hydrogen-bond donors (Lipinski definition) is 4. The summed E-state index contributed by atoms with van der Waals surface area (Å²) in [7, 11) is 0. The smallest absolute Gasteiger partial charge is 0.320 e. The normalized spacial score (nSPS) is 10.6. The maximum absolute atomic E-state index is 10.5. The number of carboxylic acids is 1. The van der Waals surface area contributed by atoms with E-state index < -0.39 is 12.0 Å². The standard InChI is InChI=1S/C13H10O.C8H11N.C6H14N2O2/c14-10-11-6-8-13(9-7-11)12-4-2-1-3-5-12;9-7-6-8-4-2-1-3-5-8;7-4-2-1-3-5(8)6(9)10/h1-10H;1-5H,6-7,9H2;5H,1-4,7-8H2,(H,9,10)/t;;5-/m..0/s1. The first-order valence-corrected chi connectivity index (χ1v) is 11.0. The summed E-state index contributed by atoms with van der Waals surface area (Å²) in [5.74, 6) is -0.933.